The van der Waals surface area contributed by atoms with E-state index in [1.165, 1.54) is 65.8 Å². The summed E-state index contributed by atoms with van der Waals surface area (Å²) >= 11 is 0. The van der Waals surface area contributed by atoms with Gasteiger partial charge in [-0.2, -0.15) is 4.31 Å². The van der Waals surface area contributed by atoms with Gasteiger partial charge < -0.3 is 19.5 Å². The lowest BCUT2D eigenvalue weighted by Crippen LogP contribution is -2.50. The third kappa shape index (κ3) is 7.12. The van der Waals surface area contributed by atoms with Gasteiger partial charge in [0.15, 0.2) is 0 Å². The van der Waals surface area contributed by atoms with Gasteiger partial charge in [0.25, 0.3) is 15.9 Å². The van der Waals surface area contributed by atoms with Crippen molar-refractivity contribution in [2.45, 2.75) is 42.7 Å². The molecule has 11 nitrogen and oxygen atoms in total. The molecule has 0 radical (unpaired) electrons. The van der Waals surface area contributed by atoms with Gasteiger partial charge in [-0.3, -0.25) is 9.52 Å². The number of aryl methyl sites for hydroxylation is 1. The summed E-state index contributed by atoms with van der Waals surface area (Å²) in [5.41, 5.74) is 1.15. The predicted octanol–water partition coefficient (Wildman–Crippen LogP) is 3.35. The molecule has 1 heterocycles. The SMILES string of the molecule is COc1ccc(S(=O)(=O)Nc2ccc3c(c2)C(=O)N([C@H](C)CO)C[C@@H](C)[C@@H](CN(C)S(=O)(=O)c2ccc(C)cc2)O3)cc1. The molecule has 4 rings (SSSR count). The number of aliphatic hydroxyl groups is 1. The second-order valence-corrected chi connectivity index (χ2v) is 14.4. The number of hydrogen-bond donors (Lipinski definition) is 2. The second-order valence-electron chi connectivity index (χ2n) is 10.7. The van der Waals surface area contributed by atoms with E-state index in [-0.39, 0.29) is 52.4 Å². The molecule has 3 aromatic rings. The maximum atomic E-state index is 13.7. The Labute approximate surface area is 253 Å². The molecule has 0 fully saturated rings. The molecule has 3 atom stereocenters. The number of sulfonamides is 2. The number of ether oxygens (including phenoxy) is 2. The van der Waals surface area contributed by atoms with Gasteiger partial charge in [0.05, 0.1) is 41.7 Å². The number of carbonyl (C=O) groups is 1. The van der Waals surface area contributed by atoms with Crippen LogP contribution in [0.25, 0.3) is 0 Å². The molecule has 0 aliphatic carbocycles. The van der Waals surface area contributed by atoms with Crippen LogP contribution in [0.3, 0.4) is 0 Å². The molecule has 1 amide bonds. The van der Waals surface area contributed by atoms with Crippen molar-refractivity contribution in [2.75, 3.05) is 38.6 Å². The number of likely N-dealkylation sites (N-methyl/N-ethyl adjacent to an activating group) is 1. The number of hydrogen-bond acceptors (Lipinski definition) is 8. The largest absolute Gasteiger partial charge is 0.497 e. The van der Waals surface area contributed by atoms with Gasteiger partial charge in [-0.05, 0) is 68.4 Å². The Hall–Kier alpha value is -3.65. The first-order valence-corrected chi connectivity index (χ1v) is 16.6. The first-order valence-electron chi connectivity index (χ1n) is 13.7. The number of nitrogens with one attached hydrogen (secondary N) is 1. The number of carbonyl (C=O) groups excluding carboxylic acids is 1. The van der Waals surface area contributed by atoms with Gasteiger partial charge in [-0.1, -0.05) is 24.6 Å². The van der Waals surface area contributed by atoms with Crippen LogP contribution in [0, 0.1) is 12.8 Å². The highest BCUT2D eigenvalue weighted by molar-refractivity contribution is 7.92. The van der Waals surface area contributed by atoms with Crippen molar-refractivity contribution in [3.8, 4) is 11.5 Å². The summed E-state index contributed by atoms with van der Waals surface area (Å²) in [6.07, 6.45) is -0.674. The predicted molar refractivity (Wildman–Crippen MR) is 162 cm³/mol. The van der Waals surface area contributed by atoms with E-state index in [0.29, 0.717) is 5.75 Å². The molecule has 0 bridgehead atoms. The highest BCUT2D eigenvalue weighted by Gasteiger charge is 2.35. The summed E-state index contributed by atoms with van der Waals surface area (Å²) < 4.78 is 67.9. The van der Waals surface area contributed by atoms with E-state index in [4.69, 9.17) is 9.47 Å². The maximum absolute atomic E-state index is 13.7. The van der Waals surface area contributed by atoms with E-state index >= 15 is 0 Å². The molecule has 0 spiro atoms. The van der Waals surface area contributed by atoms with E-state index in [0.717, 1.165) is 5.56 Å². The molecule has 232 valence electrons. The number of nitrogens with zero attached hydrogens (tertiary/aromatic N) is 2. The minimum Gasteiger partial charge on any atom is -0.497 e. The Bertz CT molecular complexity index is 1660. The Morgan fingerprint density at radius 1 is 1.05 bits per heavy atom. The molecule has 0 saturated heterocycles. The zero-order valence-electron chi connectivity index (χ0n) is 24.7. The lowest BCUT2D eigenvalue weighted by molar-refractivity contribution is 0.0387. The number of methoxy groups -OCH3 is 1. The quantitative estimate of drug-likeness (QED) is 0.347. The Balaban J connectivity index is 1.67. The number of fused-ring (bicyclic) bond motifs is 1. The number of anilines is 1. The summed E-state index contributed by atoms with van der Waals surface area (Å²) in [7, 11) is -4.88. The van der Waals surface area contributed by atoms with Crippen molar-refractivity contribution in [3.63, 3.8) is 0 Å². The standard InChI is InChI=1S/C30H37N3O8S2/c1-20-6-11-26(12-7-20)43(38,39)32(4)18-29-21(2)17-33(22(3)19-34)30(35)27-16-23(8-15-28(27)41-29)31-42(36,37)25-13-9-24(40-5)10-14-25/h6-16,21-22,29,31,34H,17-19H2,1-5H3/t21-,22-,29-/m1/s1. The van der Waals surface area contributed by atoms with Gasteiger partial charge >= 0.3 is 0 Å². The molecular weight excluding hydrogens is 594 g/mol. The second kappa shape index (κ2) is 12.9. The van der Waals surface area contributed by atoms with Crippen molar-refractivity contribution in [2.24, 2.45) is 5.92 Å². The van der Waals surface area contributed by atoms with Crippen LogP contribution in [0.1, 0.15) is 29.8 Å². The molecule has 43 heavy (non-hydrogen) atoms. The van der Waals surface area contributed by atoms with Crippen LogP contribution in [-0.4, -0.2) is 83.1 Å². The first-order chi connectivity index (χ1) is 20.3. The molecule has 3 aromatic carbocycles. The van der Waals surface area contributed by atoms with E-state index in [2.05, 4.69) is 4.72 Å². The summed E-state index contributed by atoms with van der Waals surface area (Å²) in [6, 6.07) is 16.2. The molecule has 1 aliphatic rings. The number of rotatable bonds is 10. The fraction of sp³-hybridized carbons (Fsp3) is 0.367. The van der Waals surface area contributed by atoms with Gasteiger partial charge in [0.2, 0.25) is 10.0 Å². The van der Waals surface area contributed by atoms with Crippen LogP contribution in [-0.2, 0) is 20.0 Å². The Morgan fingerprint density at radius 3 is 2.28 bits per heavy atom. The third-order valence-electron chi connectivity index (χ3n) is 7.45. The summed E-state index contributed by atoms with van der Waals surface area (Å²) in [5, 5.41) is 9.92. The average Bonchev–Trinajstić information content (AvgIpc) is 2.98. The third-order valence-corrected chi connectivity index (χ3v) is 10.7. The highest BCUT2D eigenvalue weighted by atomic mass is 32.2. The molecule has 2 N–H and O–H groups in total. The summed E-state index contributed by atoms with van der Waals surface area (Å²) in [4.78, 5) is 15.4. The van der Waals surface area contributed by atoms with Crippen LogP contribution >= 0.6 is 0 Å². The lowest BCUT2D eigenvalue weighted by Gasteiger charge is -2.38. The summed E-state index contributed by atoms with van der Waals surface area (Å²) in [5.74, 6) is -0.102. The van der Waals surface area contributed by atoms with Gasteiger partial charge in [0.1, 0.15) is 17.6 Å². The monoisotopic (exact) mass is 631 g/mol. The first kappa shape index (κ1) is 32.3. The van der Waals surface area contributed by atoms with E-state index in [1.807, 2.05) is 13.8 Å². The van der Waals surface area contributed by atoms with Crippen molar-refractivity contribution in [1.82, 2.24) is 9.21 Å². The summed E-state index contributed by atoms with van der Waals surface area (Å²) in [6.45, 7) is 5.28. The number of benzene rings is 3. The van der Waals surface area contributed by atoms with Crippen LogP contribution in [0.5, 0.6) is 11.5 Å². The van der Waals surface area contributed by atoms with Crippen molar-refractivity contribution in [3.05, 3.63) is 77.9 Å². The zero-order valence-corrected chi connectivity index (χ0v) is 26.4. The molecule has 13 heteroatoms. The minimum atomic E-state index is -4.00. The van der Waals surface area contributed by atoms with Crippen LogP contribution in [0.15, 0.2) is 76.5 Å². The van der Waals surface area contributed by atoms with Gasteiger partial charge in [-0.15, -0.1) is 0 Å². The van der Waals surface area contributed by atoms with Gasteiger partial charge in [0, 0.05) is 25.2 Å². The number of amides is 1. The van der Waals surface area contributed by atoms with Crippen molar-refractivity contribution >= 4 is 31.6 Å². The minimum absolute atomic E-state index is 0.00450. The fourth-order valence-corrected chi connectivity index (χ4v) is 6.95. The lowest BCUT2D eigenvalue weighted by atomic mass is 9.99. The Kier molecular flexibility index (Phi) is 9.70. The van der Waals surface area contributed by atoms with E-state index in [1.54, 1.807) is 31.2 Å². The highest BCUT2D eigenvalue weighted by Crippen LogP contribution is 2.32. The Morgan fingerprint density at radius 2 is 1.67 bits per heavy atom. The maximum Gasteiger partial charge on any atom is 0.261 e. The fourth-order valence-electron chi connectivity index (χ4n) is 4.71. The van der Waals surface area contributed by atoms with Crippen molar-refractivity contribution in [1.29, 1.82) is 0 Å². The van der Waals surface area contributed by atoms with E-state index in [9.17, 15) is 26.7 Å². The van der Waals surface area contributed by atoms with Gasteiger partial charge in [-0.25, -0.2) is 16.8 Å². The normalized spacial score (nSPS) is 18.3. The molecule has 1 aliphatic heterocycles. The van der Waals surface area contributed by atoms with Crippen LogP contribution < -0.4 is 14.2 Å². The van der Waals surface area contributed by atoms with Crippen LogP contribution in [0.4, 0.5) is 5.69 Å². The molecule has 0 saturated carbocycles. The number of aliphatic hydroxyl groups excluding tert-OH is 1. The average molecular weight is 632 g/mol. The van der Waals surface area contributed by atoms with Crippen molar-refractivity contribution < 1.29 is 36.2 Å². The molecule has 0 aromatic heterocycles. The van der Waals surface area contributed by atoms with Crippen LogP contribution in [0.2, 0.25) is 0 Å². The molecular formula is C30H37N3O8S2. The molecule has 0 unspecified atom stereocenters. The van der Waals surface area contributed by atoms with E-state index < -0.39 is 38.1 Å². The topological polar surface area (TPSA) is 143 Å². The smallest absolute Gasteiger partial charge is 0.261 e. The zero-order chi connectivity index (χ0) is 31.5.